The molecule has 1 rings (SSSR count). The van der Waals surface area contributed by atoms with E-state index in [0.717, 1.165) is 12.8 Å². The van der Waals surface area contributed by atoms with Gasteiger partial charge in [-0.3, -0.25) is 4.79 Å². The SMILES string of the molecule is CSCC(=O)N(CCCl)C1CCC1. The number of rotatable bonds is 5. The average molecular weight is 222 g/mol. The maximum absolute atomic E-state index is 11.6. The van der Waals surface area contributed by atoms with Crippen LogP contribution < -0.4 is 0 Å². The van der Waals surface area contributed by atoms with E-state index in [0.29, 0.717) is 24.2 Å². The van der Waals surface area contributed by atoms with E-state index >= 15 is 0 Å². The summed E-state index contributed by atoms with van der Waals surface area (Å²) in [6.45, 7) is 0.714. The minimum Gasteiger partial charge on any atom is -0.338 e. The third-order valence-corrected chi connectivity index (χ3v) is 3.13. The van der Waals surface area contributed by atoms with Crippen molar-refractivity contribution in [2.24, 2.45) is 0 Å². The van der Waals surface area contributed by atoms with Crippen LogP contribution in [0.4, 0.5) is 0 Å². The first-order chi connectivity index (χ1) is 6.29. The molecule has 76 valence electrons. The van der Waals surface area contributed by atoms with Crippen molar-refractivity contribution in [3.05, 3.63) is 0 Å². The minimum absolute atomic E-state index is 0.248. The number of nitrogens with zero attached hydrogens (tertiary/aromatic N) is 1. The molecule has 0 aromatic carbocycles. The van der Waals surface area contributed by atoms with Crippen LogP contribution in [0.5, 0.6) is 0 Å². The number of carbonyl (C=O) groups excluding carboxylic acids is 1. The molecular weight excluding hydrogens is 206 g/mol. The van der Waals surface area contributed by atoms with Crippen molar-refractivity contribution >= 4 is 29.3 Å². The predicted molar refractivity (Wildman–Crippen MR) is 58.5 cm³/mol. The van der Waals surface area contributed by atoms with Gasteiger partial charge >= 0.3 is 0 Å². The molecule has 0 aromatic rings. The molecule has 2 nitrogen and oxygen atoms in total. The van der Waals surface area contributed by atoms with Crippen molar-refractivity contribution < 1.29 is 4.79 Å². The van der Waals surface area contributed by atoms with Gasteiger partial charge in [0, 0.05) is 18.5 Å². The number of alkyl halides is 1. The zero-order valence-electron chi connectivity index (χ0n) is 7.96. The molecule has 0 heterocycles. The second-order valence-electron chi connectivity index (χ2n) is 3.29. The Balaban J connectivity index is 2.40. The molecular formula is C9H16ClNOS. The summed E-state index contributed by atoms with van der Waals surface area (Å²) in [5.41, 5.74) is 0. The summed E-state index contributed by atoms with van der Waals surface area (Å²) < 4.78 is 0. The molecule has 0 spiro atoms. The lowest BCUT2D eigenvalue weighted by atomic mass is 9.91. The number of halogens is 1. The Bertz CT molecular complexity index is 173. The molecule has 1 aliphatic carbocycles. The van der Waals surface area contributed by atoms with Crippen LogP contribution >= 0.6 is 23.4 Å². The van der Waals surface area contributed by atoms with Crippen LogP contribution in [0.1, 0.15) is 19.3 Å². The number of hydrogen-bond donors (Lipinski definition) is 0. The van der Waals surface area contributed by atoms with Gasteiger partial charge in [-0.25, -0.2) is 0 Å². The lowest BCUT2D eigenvalue weighted by Crippen LogP contribution is -2.46. The Morgan fingerprint density at radius 2 is 2.31 bits per heavy atom. The Morgan fingerprint density at radius 1 is 1.62 bits per heavy atom. The van der Waals surface area contributed by atoms with Crippen LogP contribution in [-0.2, 0) is 4.79 Å². The molecule has 0 aromatic heterocycles. The van der Waals surface area contributed by atoms with Crippen LogP contribution in [0.2, 0.25) is 0 Å². The third-order valence-electron chi connectivity index (χ3n) is 2.43. The molecule has 0 radical (unpaired) electrons. The summed E-state index contributed by atoms with van der Waals surface area (Å²) in [6.07, 6.45) is 5.54. The molecule has 1 amide bonds. The number of carbonyl (C=O) groups is 1. The zero-order valence-corrected chi connectivity index (χ0v) is 9.53. The lowest BCUT2D eigenvalue weighted by Gasteiger charge is -2.37. The van der Waals surface area contributed by atoms with E-state index in [-0.39, 0.29) is 5.91 Å². The largest absolute Gasteiger partial charge is 0.338 e. The van der Waals surface area contributed by atoms with Crippen molar-refractivity contribution in [3.63, 3.8) is 0 Å². The first-order valence-electron chi connectivity index (χ1n) is 4.64. The van der Waals surface area contributed by atoms with E-state index < -0.39 is 0 Å². The molecule has 1 saturated carbocycles. The van der Waals surface area contributed by atoms with Crippen LogP contribution in [-0.4, -0.2) is 41.3 Å². The smallest absolute Gasteiger partial charge is 0.232 e. The highest BCUT2D eigenvalue weighted by molar-refractivity contribution is 7.99. The number of amides is 1. The quantitative estimate of drug-likeness (QED) is 0.662. The standard InChI is InChI=1S/C9H16ClNOS/c1-13-7-9(12)11(6-5-10)8-3-2-4-8/h8H,2-7H2,1H3. The van der Waals surface area contributed by atoms with Crippen LogP contribution in [0.3, 0.4) is 0 Å². The van der Waals surface area contributed by atoms with Crippen LogP contribution in [0, 0.1) is 0 Å². The summed E-state index contributed by atoms with van der Waals surface area (Å²) in [5, 5.41) is 0. The summed E-state index contributed by atoms with van der Waals surface area (Å²) in [4.78, 5) is 13.6. The maximum atomic E-state index is 11.6. The molecule has 1 fully saturated rings. The lowest BCUT2D eigenvalue weighted by molar-refractivity contribution is -0.131. The Kier molecular flexibility index (Phi) is 4.96. The van der Waals surface area contributed by atoms with Crippen molar-refractivity contribution in [2.75, 3.05) is 24.4 Å². The van der Waals surface area contributed by atoms with Gasteiger partial charge in [0.15, 0.2) is 0 Å². The normalized spacial score (nSPS) is 16.8. The predicted octanol–water partition coefficient (Wildman–Crippen LogP) is 1.97. The third kappa shape index (κ3) is 3.06. The van der Waals surface area contributed by atoms with Crippen LogP contribution in [0.15, 0.2) is 0 Å². The highest BCUT2D eigenvalue weighted by Crippen LogP contribution is 2.25. The average Bonchev–Trinajstić information content (AvgIpc) is 2.01. The molecule has 1 aliphatic rings. The Morgan fingerprint density at radius 3 is 2.69 bits per heavy atom. The molecule has 0 N–H and O–H groups in total. The molecule has 0 aliphatic heterocycles. The van der Waals surface area contributed by atoms with Gasteiger partial charge in [-0.05, 0) is 25.5 Å². The Labute approximate surface area is 89.0 Å². The monoisotopic (exact) mass is 221 g/mol. The molecule has 13 heavy (non-hydrogen) atoms. The van der Waals surface area contributed by atoms with E-state index in [9.17, 15) is 4.79 Å². The second kappa shape index (κ2) is 5.76. The van der Waals surface area contributed by atoms with Gasteiger partial charge in [0.1, 0.15) is 0 Å². The van der Waals surface area contributed by atoms with Gasteiger partial charge < -0.3 is 4.90 Å². The fourth-order valence-electron chi connectivity index (χ4n) is 1.51. The van der Waals surface area contributed by atoms with E-state index in [4.69, 9.17) is 11.6 Å². The van der Waals surface area contributed by atoms with Crippen molar-refractivity contribution in [2.45, 2.75) is 25.3 Å². The summed E-state index contributed by atoms with van der Waals surface area (Å²) >= 11 is 7.25. The first kappa shape index (κ1) is 11.2. The second-order valence-corrected chi connectivity index (χ2v) is 4.54. The van der Waals surface area contributed by atoms with Gasteiger partial charge in [-0.1, -0.05) is 0 Å². The van der Waals surface area contributed by atoms with Crippen LogP contribution in [0.25, 0.3) is 0 Å². The number of thioether (sulfide) groups is 1. The van der Waals surface area contributed by atoms with Gasteiger partial charge in [0.05, 0.1) is 5.75 Å². The minimum atomic E-state index is 0.248. The molecule has 4 heteroatoms. The van der Waals surface area contributed by atoms with Gasteiger partial charge in [-0.15, -0.1) is 11.6 Å². The molecule has 0 saturated heterocycles. The van der Waals surface area contributed by atoms with Crippen molar-refractivity contribution in [3.8, 4) is 0 Å². The Hall–Kier alpha value is 0.110. The van der Waals surface area contributed by atoms with Crippen molar-refractivity contribution in [1.82, 2.24) is 4.90 Å². The summed E-state index contributed by atoms with van der Waals surface area (Å²) in [7, 11) is 0. The van der Waals surface area contributed by atoms with E-state index in [1.165, 1.54) is 6.42 Å². The van der Waals surface area contributed by atoms with E-state index in [1.54, 1.807) is 11.8 Å². The zero-order chi connectivity index (χ0) is 9.68. The van der Waals surface area contributed by atoms with Gasteiger partial charge in [0.25, 0.3) is 0 Å². The van der Waals surface area contributed by atoms with E-state index in [2.05, 4.69) is 0 Å². The maximum Gasteiger partial charge on any atom is 0.232 e. The van der Waals surface area contributed by atoms with E-state index in [1.807, 2.05) is 11.2 Å². The highest BCUT2D eigenvalue weighted by atomic mass is 35.5. The fourth-order valence-corrected chi connectivity index (χ4v) is 2.10. The number of hydrogen-bond acceptors (Lipinski definition) is 2. The van der Waals surface area contributed by atoms with Gasteiger partial charge in [-0.2, -0.15) is 11.8 Å². The summed E-state index contributed by atoms with van der Waals surface area (Å²) in [6, 6.07) is 0.485. The molecule has 0 bridgehead atoms. The van der Waals surface area contributed by atoms with Gasteiger partial charge in [0.2, 0.25) is 5.91 Å². The highest BCUT2D eigenvalue weighted by Gasteiger charge is 2.27. The fraction of sp³-hybridized carbons (Fsp3) is 0.889. The topological polar surface area (TPSA) is 20.3 Å². The first-order valence-corrected chi connectivity index (χ1v) is 6.56. The molecule has 0 unspecified atom stereocenters. The summed E-state index contributed by atoms with van der Waals surface area (Å²) in [5.74, 6) is 1.39. The molecule has 0 atom stereocenters. The van der Waals surface area contributed by atoms with Crippen molar-refractivity contribution in [1.29, 1.82) is 0 Å².